The van der Waals surface area contributed by atoms with E-state index in [1.165, 1.54) is 18.4 Å². The van der Waals surface area contributed by atoms with E-state index in [0.717, 1.165) is 24.5 Å². The molecule has 0 saturated heterocycles. The number of aryl methyl sites for hydroxylation is 1. The van der Waals surface area contributed by atoms with E-state index in [9.17, 15) is 0 Å². The van der Waals surface area contributed by atoms with Gasteiger partial charge in [0, 0.05) is 18.0 Å². The minimum absolute atomic E-state index is 0.350. The first kappa shape index (κ1) is 14.3. The van der Waals surface area contributed by atoms with Gasteiger partial charge in [-0.1, -0.05) is 41.9 Å². The summed E-state index contributed by atoms with van der Waals surface area (Å²) < 4.78 is 0. The van der Waals surface area contributed by atoms with E-state index in [0.29, 0.717) is 17.1 Å². The molecule has 1 unspecified atom stereocenters. The maximum atomic E-state index is 6.09. The Morgan fingerprint density at radius 2 is 2.00 bits per heavy atom. The topological polar surface area (TPSA) is 37.8 Å². The van der Waals surface area contributed by atoms with Crippen molar-refractivity contribution in [1.82, 2.24) is 9.97 Å². The van der Waals surface area contributed by atoms with Crippen molar-refractivity contribution in [2.75, 3.05) is 5.32 Å². The Morgan fingerprint density at radius 3 is 2.71 bits per heavy atom. The highest BCUT2D eigenvalue weighted by Gasteiger charge is 2.27. The first-order chi connectivity index (χ1) is 10.2. The second-order valence-electron chi connectivity index (χ2n) is 5.78. The molecule has 0 spiro atoms. The van der Waals surface area contributed by atoms with Crippen LogP contribution < -0.4 is 5.32 Å². The summed E-state index contributed by atoms with van der Waals surface area (Å²) in [6.07, 6.45) is 4.49. The summed E-state index contributed by atoms with van der Waals surface area (Å²) in [5.74, 6) is 2.25. The predicted molar refractivity (Wildman–Crippen MR) is 86.9 cm³/mol. The third kappa shape index (κ3) is 4.18. The number of halogens is 1. The number of hydrogen-bond acceptors (Lipinski definition) is 3. The summed E-state index contributed by atoms with van der Waals surface area (Å²) in [4.78, 5) is 8.89. The fourth-order valence-electron chi connectivity index (χ4n) is 2.39. The second-order valence-corrected chi connectivity index (χ2v) is 6.17. The highest BCUT2D eigenvalue weighted by Crippen LogP contribution is 2.38. The summed E-state index contributed by atoms with van der Waals surface area (Å²) in [6, 6.07) is 12.7. The fourth-order valence-corrected chi connectivity index (χ4v) is 2.58. The van der Waals surface area contributed by atoms with E-state index in [4.69, 9.17) is 11.6 Å². The molecule has 1 fully saturated rings. The van der Waals surface area contributed by atoms with Crippen molar-refractivity contribution in [2.45, 2.75) is 44.6 Å². The number of nitrogens with zero attached hydrogens (tertiary/aromatic N) is 2. The monoisotopic (exact) mass is 301 g/mol. The second kappa shape index (κ2) is 6.44. The van der Waals surface area contributed by atoms with Gasteiger partial charge in [0.05, 0.1) is 0 Å². The van der Waals surface area contributed by atoms with Crippen LogP contribution in [0.1, 0.15) is 43.5 Å². The van der Waals surface area contributed by atoms with Crippen LogP contribution in [-0.4, -0.2) is 16.0 Å². The molecule has 4 heteroatoms. The number of hydrogen-bond donors (Lipinski definition) is 1. The molecule has 0 radical (unpaired) electrons. The van der Waals surface area contributed by atoms with E-state index >= 15 is 0 Å². The van der Waals surface area contributed by atoms with Crippen LogP contribution in [-0.2, 0) is 6.42 Å². The van der Waals surface area contributed by atoms with Gasteiger partial charge in [-0.3, -0.25) is 0 Å². The third-order valence-corrected chi connectivity index (χ3v) is 3.95. The van der Waals surface area contributed by atoms with Gasteiger partial charge in [-0.2, -0.15) is 0 Å². The molecule has 1 aliphatic carbocycles. The van der Waals surface area contributed by atoms with Crippen molar-refractivity contribution in [3.8, 4) is 0 Å². The molecule has 0 bridgehead atoms. The summed E-state index contributed by atoms with van der Waals surface area (Å²) in [7, 11) is 0. The molecule has 0 amide bonds. The first-order valence-electron chi connectivity index (χ1n) is 7.55. The van der Waals surface area contributed by atoms with Gasteiger partial charge < -0.3 is 5.32 Å². The normalized spacial score (nSPS) is 15.7. The Labute approximate surface area is 130 Å². The highest BCUT2D eigenvalue weighted by molar-refractivity contribution is 6.29. The van der Waals surface area contributed by atoms with Crippen LogP contribution in [0, 0.1) is 0 Å². The Hall–Kier alpha value is -1.61. The molecule has 3 nitrogen and oxygen atoms in total. The van der Waals surface area contributed by atoms with Crippen molar-refractivity contribution in [1.29, 1.82) is 0 Å². The quantitative estimate of drug-likeness (QED) is 0.802. The van der Waals surface area contributed by atoms with Crippen molar-refractivity contribution in [3.63, 3.8) is 0 Å². The lowest BCUT2D eigenvalue weighted by Crippen LogP contribution is -2.17. The van der Waals surface area contributed by atoms with Gasteiger partial charge in [-0.15, -0.1) is 0 Å². The lowest BCUT2D eigenvalue weighted by molar-refractivity contribution is 0.701. The number of nitrogens with one attached hydrogen (secondary N) is 1. The number of anilines is 1. The molecular formula is C17H20ClN3. The fraction of sp³-hybridized carbons (Fsp3) is 0.412. The minimum atomic E-state index is 0.350. The predicted octanol–water partition coefficient (Wildman–Crippen LogP) is 4.44. The molecule has 1 heterocycles. The molecular weight excluding hydrogens is 282 g/mol. The van der Waals surface area contributed by atoms with Gasteiger partial charge in [0.15, 0.2) is 0 Å². The third-order valence-electron chi connectivity index (χ3n) is 3.76. The van der Waals surface area contributed by atoms with Gasteiger partial charge >= 0.3 is 0 Å². The Kier molecular flexibility index (Phi) is 4.39. The van der Waals surface area contributed by atoms with Crippen molar-refractivity contribution < 1.29 is 0 Å². The maximum absolute atomic E-state index is 6.09. The summed E-state index contributed by atoms with van der Waals surface area (Å²) in [5.41, 5.74) is 1.37. The van der Waals surface area contributed by atoms with Gasteiger partial charge in [0.1, 0.15) is 16.8 Å². The minimum Gasteiger partial charge on any atom is -0.367 e. The molecule has 2 aromatic rings. The zero-order chi connectivity index (χ0) is 14.7. The molecule has 1 atom stereocenters. The average Bonchev–Trinajstić information content (AvgIpc) is 3.30. The van der Waals surface area contributed by atoms with Crippen LogP contribution in [0.15, 0.2) is 36.4 Å². The van der Waals surface area contributed by atoms with E-state index in [2.05, 4.69) is 46.5 Å². The standard InChI is InChI=1S/C17H20ClN3/c1-12(7-8-13-5-3-2-4-6-13)19-16-11-15(18)20-17(21-16)14-9-10-14/h2-6,11-12,14H,7-10H2,1H3,(H,19,20,21). The van der Waals surface area contributed by atoms with Crippen LogP contribution in [0.3, 0.4) is 0 Å². The van der Waals surface area contributed by atoms with Crippen LogP contribution >= 0.6 is 11.6 Å². The SMILES string of the molecule is CC(CCc1ccccc1)Nc1cc(Cl)nc(C2CC2)n1. The zero-order valence-corrected chi connectivity index (χ0v) is 13.0. The zero-order valence-electron chi connectivity index (χ0n) is 12.2. The lowest BCUT2D eigenvalue weighted by atomic mass is 10.1. The largest absolute Gasteiger partial charge is 0.367 e. The van der Waals surface area contributed by atoms with Gasteiger partial charge in [-0.05, 0) is 38.2 Å². The lowest BCUT2D eigenvalue weighted by Gasteiger charge is -2.15. The Balaban J connectivity index is 1.58. The van der Waals surface area contributed by atoms with Crippen LogP contribution in [0.2, 0.25) is 5.15 Å². The molecule has 1 aliphatic rings. The maximum Gasteiger partial charge on any atom is 0.135 e. The Morgan fingerprint density at radius 1 is 1.24 bits per heavy atom. The highest BCUT2D eigenvalue weighted by atomic mass is 35.5. The number of benzene rings is 1. The molecule has 3 rings (SSSR count). The smallest absolute Gasteiger partial charge is 0.135 e. The number of aromatic nitrogens is 2. The average molecular weight is 302 g/mol. The first-order valence-corrected chi connectivity index (χ1v) is 7.93. The van der Waals surface area contributed by atoms with Crippen LogP contribution in [0.4, 0.5) is 5.82 Å². The van der Waals surface area contributed by atoms with Gasteiger partial charge in [-0.25, -0.2) is 9.97 Å². The summed E-state index contributed by atoms with van der Waals surface area (Å²) in [5, 5.41) is 3.97. The molecule has 1 N–H and O–H groups in total. The van der Waals surface area contributed by atoms with Crippen molar-refractivity contribution >= 4 is 17.4 Å². The number of rotatable bonds is 6. The molecule has 110 valence electrons. The van der Waals surface area contributed by atoms with Crippen LogP contribution in [0.25, 0.3) is 0 Å². The van der Waals surface area contributed by atoms with E-state index in [-0.39, 0.29) is 0 Å². The molecule has 1 aromatic heterocycles. The van der Waals surface area contributed by atoms with E-state index in [1.807, 2.05) is 12.1 Å². The van der Waals surface area contributed by atoms with Gasteiger partial charge in [0.25, 0.3) is 0 Å². The summed E-state index contributed by atoms with van der Waals surface area (Å²) >= 11 is 6.09. The molecule has 0 aliphatic heterocycles. The molecule has 1 aromatic carbocycles. The van der Waals surface area contributed by atoms with E-state index < -0.39 is 0 Å². The molecule has 21 heavy (non-hydrogen) atoms. The van der Waals surface area contributed by atoms with Gasteiger partial charge in [0.2, 0.25) is 0 Å². The Bertz CT molecular complexity index is 596. The van der Waals surface area contributed by atoms with Crippen molar-refractivity contribution in [3.05, 3.63) is 52.9 Å². The molecule has 1 saturated carbocycles. The summed E-state index contributed by atoms with van der Waals surface area (Å²) in [6.45, 7) is 2.18. The van der Waals surface area contributed by atoms with E-state index in [1.54, 1.807) is 0 Å². The van der Waals surface area contributed by atoms with Crippen LogP contribution in [0.5, 0.6) is 0 Å². The van der Waals surface area contributed by atoms with Crippen molar-refractivity contribution in [2.24, 2.45) is 0 Å².